The lowest BCUT2D eigenvalue weighted by Gasteiger charge is -2.26. The molecular formula is C16H22FNO. The van der Waals surface area contributed by atoms with Gasteiger partial charge in [0.05, 0.1) is 6.54 Å². The molecule has 1 fully saturated rings. The Kier molecular flexibility index (Phi) is 4.35. The number of nitrogens with zero attached hydrogens (tertiary/aromatic N) is 1. The molecule has 0 amide bonds. The van der Waals surface area contributed by atoms with E-state index in [2.05, 4.69) is 18.7 Å². The minimum Gasteiger partial charge on any atom is -0.295 e. The van der Waals surface area contributed by atoms with E-state index in [1.165, 1.54) is 31.4 Å². The zero-order valence-corrected chi connectivity index (χ0v) is 11.8. The number of carbonyl (C=O) groups is 1. The molecule has 1 aromatic carbocycles. The summed E-state index contributed by atoms with van der Waals surface area (Å²) in [5, 5.41) is 0. The van der Waals surface area contributed by atoms with Gasteiger partial charge in [-0.05, 0) is 55.5 Å². The molecule has 1 saturated heterocycles. The molecule has 0 bridgehead atoms. The molecule has 1 aliphatic heterocycles. The first-order chi connectivity index (χ1) is 9.08. The molecule has 0 spiro atoms. The molecule has 19 heavy (non-hydrogen) atoms. The van der Waals surface area contributed by atoms with Gasteiger partial charge in [0, 0.05) is 12.1 Å². The third-order valence-corrected chi connectivity index (χ3v) is 4.55. The van der Waals surface area contributed by atoms with Crippen molar-refractivity contribution in [1.82, 2.24) is 4.90 Å². The van der Waals surface area contributed by atoms with E-state index < -0.39 is 0 Å². The van der Waals surface area contributed by atoms with Crippen molar-refractivity contribution >= 4 is 5.78 Å². The van der Waals surface area contributed by atoms with Crippen LogP contribution < -0.4 is 0 Å². The van der Waals surface area contributed by atoms with E-state index in [1.807, 2.05) is 0 Å². The molecule has 104 valence electrons. The van der Waals surface area contributed by atoms with Gasteiger partial charge in [0.1, 0.15) is 5.82 Å². The van der Waals surface area contributed by atoms with E-state index in [1.54, 1.807) is 12.1 Å². The fourth-order valence-electron chi connectivity index (χ4n) is 2.92. The lowest BCUT2D eigenvalue weighted by atomic mass is 9.82. The van der Waals surface area contributed by atoms with Crippen LogP contribution in [0.2, 0.25) is 0 Å². The average Bonchev–Trinajstić information content (AvgIpc) is 2.83. The number of benzene rings is 1. The van der Waals surface area contributed by atoms with Crippen molar-refractivity contribution in [2.75, 3.05) is 19.6 Å². The fraction of sp³-hybridized carbons (Fsp3) is 0.562. The first-order valence-corrected chi connectivity index (χ1v) is 7.10. The highest BCUT2D eigenvalue weighted by Gasteiger charge is 2.35. The Bertz CT molecular complexity index is 437. The highest BCUT2D eigenvalue weighted by Crippen LogP contribution is 2.36. The van der Waals surface area contributed by atoms with Crippen LogP contribution in [-0.4, -0.2) is 30.3 Å². The summed E-state index contributed by atoms with van der Waals surface area (Å²) in [5.41, 5.74) is 0.996. The summed E-state index contributed by atoms with van der Waals surface area (Å²) in [6.45, 7) is 6.92. The quantitative estimate of drug-likeness (QED) is 0.758. The van der Waals surface area contributed by atoms with Gasteiger partial charge in [-0.25, -0.2) is 4.39 Å². The Balaban J connectivity index is 1.95. The zero-order valence-electron chi connectivity index (χ0n) is 11.8. The Labute approximate surface area is 114 Å². The molecule has 1 aliphatic rings. The monoisotopic (exact) mass is 263 g/mol. The Morgan fingerprint density at radius 2 is 1.89 bits per heavy atom. The molecule has 1 heterocycles. The number of carbonyl (C=O) groups excluding carboxylic acids is 1. The van der Waals surface area contributed by atoms with Gasteiger partial charge < -0.3 is 0 Å². The van der Waals surface area contributed by atoms with Gasteiger partial charge >= 0.3 is 0 Å². The van der Waals surface area contributed by atoms with E-state index >= 15 is 0 Å². The van der Waals surface area contributed by atoms with Crippen molar-refractivity contribution in [3.05, 3.63) is 35.6 Å². The maximum atomic E-state index is 12.8. The molecule has 2 rings (SSSR count). The maximum absolute atomic E-state index is 12.8. The smallest absolute Gasteiger partial charge is 0.176 e. The highest BCUT2D eigenvalue weighted by molar-refractivity contribution is 5.97. The fourth-order valence-corrected chi connectivity index (χ4v) is 2.92. The minimum atomic E-state index is -0.297. The largest absolute Gasteiger partial charge is 0.295 e. The zero-order chi connectivity index (χ0) is 13.9. The van der Waals surface area contributed by atoms with Crippen LogP contribution in [0.1, 0.15) is 43.5 Å². The number of hydrogen-bond acceptors (Lipinski definition) is 2. The molecule has 0 aliphatic carbocycles. The Hall–Kier alpha value is -1.22. The second-order valence-electron chi connectivity index (χ2n) is 5.60. The molecular weight excluding hydrogens is 241 g/mol. The van der Waals surface area contributed by atoms with E-state index in [9.17, 15) is 9.18 Å². The normalized spacial score (nSPS) is 18.7. The molecule has 2 nitrogen and oxygen atoms in total. The minimum absolute atomic E-state index is 0.0861. The summed E-state index contributed by atoms with van der Waals surface area (Å²) in [6, 6.07) is 5.83. The van der Waals surface area contributed by atoms with Crippen LogP contribution in [0.15, 0.2) is 24.3 Å². The number of Topliss-reactive ketones (excluding diaryl/α,β-unsaturated/α-hetero) is 1. The second-order valence-corrected chi connectivity index (χ2v) is 5.60. The van der Waals surface area contributed by atoms with Crippen LogP contribution in [0.4, 0.5) is 4.39 Å². The molecule has 0 radical (unpaired) electrons. The van der Waals surface area contributed by atoms with Crippen LogP contribution in [0.3, 0.4) is 0 Å². The number of ketones is 1. The summed E-state index contributed by atoms with van der Waals surface area (Å²) in [4.78, 5) is 14.4. The van der Waals surface area contributed by atoms with Crippen molar-refractivity contribution in [1.29, 1.82) is 0 Å². The number of likely N-dealkylation sites (tertiary alicyclic amines) is 1. The van der Waals surface area contributed by atoms with Gasteiger partial charge in [0.25, 0.3) is 0 Å². The van der Waals surface area contributed by atoms with Gasteiger partial charge in [0.2, 0.25) is 0 Å². The predicted octanol–water partition coefficient (Wildman–Crippen LogP) is 3.52. The molecule has 0 N–H and O–H groups in total. The summed E-state index contributed by atoms with van der Waals surface area (Å²) >= 11 is 0. The maximum Gasteiger partial charge on any atom is 0.176 e. The SMILES string of the molecule is CCC1(CC)CCN(CC(=O)c2ccc(F)cc2)C1. The summed E-state index contributed by atoms with van der Waals surface area (Å²) in [6.07, 6.45) is 3.52. The van der Waals surface area contributed by atoms with E-state index in [-0.39, 0.29) is 11.6 Å². The van der Waals surface area contributed by atoms with Crippen molar-refractivity contribution < 1.29 is 9.18 Å². The molecule has 0 aromatic heterocycles. The lowest BCUT2D eigenvalue weighted by molar-refractivity contribution is 0.0936. The van der Waals surface area contributed by atoms with Crippen molar-refractivity contribution in [2.24, 2.45) is 5.41 Å². The molecule has 3 heteroatoms. The van der Waals surface area contributed by atoms with E-state index in [0.29, 0.717) is 17.5 Å². The Morgan fingerprint density at radius 1 is 1.26 bits per heavy atom. The van der Waals surface area contributed by atoms with Gasteiger partial charge in [0.15, 0.2) is 5.78 Å². The number of rotatable bonds is 5. The van der Waals surface area contributed by atoms with Crippen LogP contribution >= 0.6 is 0 Å². The third kappa shape index (κ3) is 3.21. The standard InChI is InChI=1S/C16H22FNO/c1-3-16(4-2)9-10-18(12-16)11-15(19)13-5-7-14(17)8-6-13/h5-8H,3-4,9-12H2,1-2H3. The third-order valence-electron chi connectivity index (χ3n) is 4.55. The highest BCUT2D eigenvalue weighted by atomic mass is 19.1. The van der Waals surface area contributed by atoms with Gasteiger partial charge in [-0.3, -0.25) is 9.69 Å². The van der Waals surface area contributed by atoms with Gasteiger partial charge in [-0.2, -0.15) is 0 Å². The number of halogens is 1. The topological polar surface area (TPSA) is 20.3 Å². The summed E-state index contributed by atoms with van der Waals surface area (Å²) in [5.74, 6) is -0.211. The van der Waals surface area contributed by atoms with Gasteiger partial charge in [-0.1, -0.05) is 13.8 Å². The molecule has 0 saturated carbocycles. The van der Waals surface area contributed by atoms with Crippen molar-refractivity contribution in [3.8, 4) is 0 Å². The van der Waals surface area contributed by atoms with Crippen LogP contribution in [-0.2, 0) is 0 Å². The Morgan fingerprint density at radius 3 is 2.42 bits per heavy atom. The van der Waals surface area contributed by atoms with Gasteiger partial charge in [-0.15, -0.1) is 0 Å². The lowest BCUT2D eigenvalue weighted by Crippen LogP contribution is -2.30. The van der Waals surface area contributed by atoms with Crippen LogP contribution in [0, 0.1) is 11.2 Å². The first-order valence-electron chi connectivity index (χ1n) is 7.10. The van der Waals surface area contributed by atoms with Crippen molar-refractivity contribution in [3.63, 3.8) is 0 Å². The molecule has 0 unspecified atom stereocenters. The first kappa shape index (κ1) is 14.2. The summed E-state index contributed by atoms with van der Waals surface area (Å²) in [7, 11) is 0. The van der Waals surface area contributed by atoms with Crippen LogP contribution in [0.25, 0.3) is 0 Å². The number of hydrogen-bond donors (Lipinski definition) is 0. The molecule has 1 aromatic rings. The molecule has 0 atom stereocenters. The van der Waals surface area contributed by atoms with Crippen molar-refractivity contribution in [2.45, 2.75) is 33.1 Å². The predicted molar refractivity (Wildman–Crippen MR) is 74.8 cm³/mol. The second kappa shape index (κ2) is 5.83. The van der Waals surface area contributed by atoms with E-state index in [0.717, 1.165) is 13.1 Å². The van der Waals surface area contributed by atoms with Crippen LogP contribution in [0.5, 0.6) is 0 Å². The van der Waals surface area contributed by atoms with E-state index in [4.69, 9.17) is 0 Å². The summed E-state index contributed by atoms with van der Waals surface area (Å²) < 4.78 is 12.8. The average molecular weight is 263 g/mol.